The van der Waals surface area contributed by atoms with E-state index < -0.39 is 0 Å². The lowest BCUT2D eigenvalue weighted by Crippen LogP contribution is -2.45. The van der Waals surface area contributed by atoms with Crippen molar-refractivity contribution in [2.75, 3.05) is 31.1 Å². The molecule has 28 heavy (non-hydrogen) atoms. The molecule has 1 aliphatic heterocycles. The number of rotatable bonds is 5. The summed E-state index contributed by atoms with van der Waals surface area (Å²) in [5.41, 5.74) is 1.12. The van der Waals surface area contributed by atoms with Gasteiger partial charge in [0.15, 0.2) is 5.13 Å². The molecule has 0 aliphatic carbocycles. The Hall–Kier alpha value is -1.96. The maximum absolute atomic E-state index is 13.2. The lowest BCUT2D eigenvalue weighted by atomic mass is 10.1. The van der Waals surface area contributed by atoms with E-state index in [0.717, 1.165) is 38.2 Å². The van der Waals surface area contributed by atoms with Crippen LogP contribution < -0.4 is 4.90 Å². The summed E-state index contributed by atoms with van der Waals surface area (Å²) in [5, 5.41) is 1.04. The largest absolute Gasteiger partial charge is 0.367 e. The van der Waals surface area contributed by atoms with Crippen LogP contribution in [-0.2, 0) is 4.74 Å². The first-order valence-electron chi connectivity index (χ1n) is 9.74. The average molecular weight is 416 g/mol. The highest BCUT2D eigenvalue weighted by Gasteiger charge is 2.31. The van der Waals surface area contributed by atoms with Crippen molar-refractivity contribution < 1.29 is 9.53 Å². The monoisotopic (exact) mass is 415 g/mol. The van der Waals surface area contributed by atoms with Crippen molar-refractivity contribution >= 4 is 43.2 Å². The molecule has 1 fully saturated rings. The molecule has 7 heteroatoms. The first-order chi connectivity index (χ1) is 13.6. The number of thiophene rings is 1. The number of ether oxygens (including phenoxy) is 1. The van der Waals surface area contributed by atoms with E-state index in [2.05, 4.69) is 30.9 Å². The number of benzene rings is 1. The molecule has 0 spiro atoms. The van der Waals surface area contributed by atoms with Crippen LogP contribution in [0.2, 0.25) is 0 Å². The Morgan fingerprint density at radius 3 is 2.64 bits per heavy atom. The topological polar surface area (TPSA) is 45.7 Å². The molecule has 3 heterocycles. The van der Waals surface area contributed by atoms with Gasteiger partial charge in [-0.15, -0.1) is 11.3 Å². The van der Waals surface area contributed by atoms with Gasteiger partial charge in [-0.2, -0.15) is 0 Å². The number of nitrogens with zero attached hydrogens (tertiary/aromatic N) is 3. The van der Waals surface area contributed by atoms with Crippen LogP contribution in [0.4, 0.5) is 5.13 Å². The third-order valence-electron chi connectivity index (χ3n) is 5.04. The number of aromatic nitrogens is 1. The highest BCUT2D eigenvalue weighted by molar-refractivity contribution is 7.29. The van der Waals surface area contributed by atoms with Crippen molar-refractivity contribution in [2.45, 2.75) is 33.0 Å². The zero-order valence-corrected chi connectivity index (χ0v) is 18.1. The molecule has 3 aromatic rings. The number of carbonyl (C=O) groups excluding carboxylic acids is 1. The number of morpholine rings is 1. The SMILES string of the molecule is CCN(CC)c1nc2sc(C(=O)N3CC(C)OC(c4ccccc4)C3)cc2s1. The number of anilines is 1. The number of thiazole rings is 1. The van der Waals surface area contributed by atoms with E-state index in [-0.39, 0.29) is 18.1 Å². The maximum atomic E-state index is 13.2. The van der Waals surface area contributed by atoms with Gasteiger partial charge in [0.25, 0.3) is 5.91 Å². The number of amides is 1. The van der Waals surface area contributed by atoms with Gasteiger partial charge >= 0.3 is 0 Å². The van der Waals surface area contributed by atoms with Gasteiger partial charge in [-0.25, -0.2) is 4.98 Å². The molecule has 2 unspecified atom stereocenters. The normalized spacial score (nSPS) is 19.9. The van der Waals surface area contributed by atoms with Crippen LogP contribution in [0, 0.1) is 0 Å². The Labute approximate surface area is 173 Å². The fourth-order valence-corrected chi connectivity index (χ4v) is 5.89. The van der Waals surface area contributed by atoms with Crippen LogP contribution in [0.3, 0.4) is 0 Å². The summed E-state index contributed by atoms with van der Waals surface area (Å²) < 4.78 is 7.19. The molecular formula is C21H25N3O2S2. The lowest BCUT2D eigenvalue weighted by Gasteiger charge is -2.36. The molecular weight excluding hydrogens is 390 g/mol. The molecule has 4 rings (SSSR count). The standard InChI is InChI=1S/C21H25N3O2S2/c1-4-23(5-2)21-22-19-17(28-21)11-18(27-19)20(25)24-12-14(3)26-16(13-24)15-9-7-6-8-10-15/h6-11,14,16H,4-5,12-13H2,1-3H3. The fraction of sp³-hybridized carbons (Fsp3) is 0.429. The predicted octanol–water partition coefficient (Wildman–Crippen LogP) is 4.81. The van der Waals surface area contributed by atoms with Gasteiger partial charge in [-0.3, -0.25) is 4.79 Å². The summed E-state index contributed by atoms with van der Waals surface area (Å²) in [6, 6.07) is 12.1. The van der Waals surface area contributed by atoms with Crippen LogP contribution in [0.5, 0.6) is 0 Å². The molecule has 1 aromatic carbocycles. The highest BCUT2D eigenvalue weighted by atomic mass is 32.1. The molecule has 5 nitrogen and oxygen atoms in total. The van der Waals surface area contributed by atoms with E-state index in [9.17, 15) is 4.79 Å². The summed E-state index contributed by atoms with van der Waals surface area (Å²) in [5.74, 6) is 0.0793. The lowest BCUT2D eigenvalue weighted by molar-refractivity contribution is -0.0690. The minimum atomic E-state index is -0.0811. The Morgan fingerprint density at radius 1 is 1.21 bits per heavy atom. The minimum Gasteiger partial charge on any atom is -0.367 e. The highest BCUT2D eigenvalue weighted by Crippen LogP contribution is 2.36. The third kappa shape index (κ3) is 3.79. The van der Waals surface area contributed by atoms with Crippen LogP contribution in [0.15, 0.2) is 36.4 Å². The fourth-order valence-electron chi connectivity index (χ4n) is 3.58. The molecule has 0 N–H and O–H groups in total. The van der Waals surface area contributed by atoms with E-state index >= 15 is 0 Å². The van der Waals surface area contributed by atoms with Gasteiger partial charge in [0.2, 0.25) is 0 Å². The Morgan fingerprint density at radius 2 is 1.96 bits per heavy atom. The first kappa shape index (κ1) is 19.4. The number of hydrogen-bond acceptors (Lipinski definition) is 6. The molecule has 2 atom stereocenters. The molecule has 1 saturated heterocycles. The summed E-state index contributed by atoms with van der Waals surface area (Å²) in [4.78, 5) is 23.8. The Bertz CT molecular complexity index is 918. The van der Waals surface area contributed by atoms with Gasteiger partial charge in [0.05, 0.1) is 22.2 Å². The zero-order chi connectivity index (χ0) is 19.7. The van der Waals surface area contributed by atoms with Crippen molar-refractivity contribution in [2.24, 2.45) is 0 Å². The van der Waals surface area contributed by atoms with Crippen molar-refractivity contribution in [3.05, 3.63) is 46.8 Å². The second-order valence-corrected chi connectivity index (χ2v) is 9.04. The van der Waals surface area contributed by atoms with E-state index in [0.29, 0.717) is 13.1 Å². The molecule has 0 radical (unpaired) electrons. The minimum absolute atomic E-state index is 0.0105. The second-order valence-electron chi connectivity index (χ2n) is 7.00. The van der Waals surface area contributed by atoms with Crippen molar-refractivity contribution in [3.8, 4) is 0 Å². The van der Waals surface area contributed by atoms with Crippen LogP contribution in [0.1, 0.15) is 42.1 Å². The quantitative estimate of drug-likeness (QED) is 0.600. The van der Waals surface area contributed by atoms with Gasteiger partial charge in [0, 0.05) is 19.6 Å². The van der Waals surface area contributed by atoms with E-state index in [4.69, 9.17) is 9.72 Å². The molecule has 1 aliphatic rings. The number of hydrogen-bond donors (Lipinski definition) is 0. The molecule has 148 valence electrons. The summed E-state index contributed by atoms with van der Waals surface area (Å²) in [6.07, 6.45) is -0.0706. The summed E-state index contributed by atoms with van der Waals surface area (Å²) in [6.45, 7) is 9.38. The number of carbonyl (C=O) groups is 1. The maximum Gasteiger partial charge on any atom is 0.264 e. The van der Waals surface area contributed by atoms with Crippen molar-refractivity contribution in [1.29, 1.82) is 0 Å². The van der Waals surface area contributed by atoms with Crippen LogP contribution in [0.25, 0.3) is 9.53 Å². The van der Waals surface area contributed by atoms with E-state index in [1.54, 1.807) is 11.3 Å². The Balaban J connectivity index is 1.54. The predicted molar refractivity (Wildman–Crippen MR) is 117 cm³/mol. The second kappa shape index (κ2) is 8.19. The molecule has 0 bridgehead atoms. The molecule has 2 aromatic heterocycles. The molecule has 1 amide bonds. The van der Waals surface area contributed by atoms with Crippen molar-refractivity contribution in [3.63, 3.8) is 0 Å². The smallest absolute Gasteiger partial charge is 0.264 e. The van der Waals surface area contributed by atoms with Gasteiger partial charge in [-0.1, -0.05) is 41.7 Å². The summed E-state index contributed by atoms with van der Waals surface area (Å²) in [7, 11) is 0. The third-order valence-corrected chi connectivity index (χ3v) is 7.25. The number of fused-ring (bicyclic) bond motifs is 1. The van der Waals surface area contributed by atoms with Gasteiger partial charge in [-0.05, 0) is 32.4 Å². The average Bonchev–Trinajstić information content (AvgIpc) is 3.28. The van der Waals surface area contributed by atoms with E-state index in [1.807, 2.05) is 36.1 Å². The van der Waals surface area contributed by atoms with Gasteiger partial charge in [0.1, 0.15) is 10.9 Å². The van der Waals surface area contributed by atoms with Crippen molar-refractivity contribution in [1.82, 2.24) is 9.88 Å². The van der Waals surface area contributed by atoms with Gasteiger partial charge < -0.3 is 14.5 Å². The Kier molecular flexibility index (Phi) is 5.66. The summed E-state index contributed by atoms with van der Waals surface area (Å²) >= 11 is 3.16. The van der Waals surface area contributed by atoms with Crippen LogP contribution >= 0.6 is 22.7 Å². The first-order valence-corrected chi connectivity index (χ1v) is 11.4. The zero-order valence-electron chi connectivity index (χ0n) is 16.4. The van der Waals surface area contributed by atoms with E-state index in [1.165, 1.54) is 11.3 Å². The van der Waals surface area contributed by atoms with Crippen LogP contribution in [-0.4, -0.2) is 48.1 Å². The molecule has 0 saturated carbocycles.